The Balaban J connectivity index is 1.51. The van der Waals surface area contributed by atoms with Gasteiger partial charge < -0.3 is 23.3 Å². The fourth-order valence-corrected chi connectivity index (χ4v) is 5.17. The second-order valence-corrected chi connectivity index (χ2v) is 9.54. The first-order valence-corrected chi connectivity index (χ1v) is 12.2. The van der Waals surface area contributed by atoms with E-state index < -0.39 is 22.0 Å². The molecule has 0 radical (unpaired) electrons. The van der Waals surface area contributed by atoms with Gasteiger partial charge in [-0.15, -0.1) is 0 Å². The zero-order chi connectivity index (χ0) is 23.8. The minimum Gasteiger partial charge on any atom is -0.744 e. The molecule has 2 heterocycles. The van der Waals surface area contributed by atoms with Crippen molar-refractivity contribution in [3.63, 3.8) is 0 Å². The summed E-state index contributed by atoms with van der Waals surface area (Å²) in [5, 5.41) is 1.56. The minimum atomic E-state index is -4.67. The van der Waals surface area contributed by atoms with Gasteiger partial charge in [-0.25, -0.2) is 13.4 Å². The van der Waals surface area contributed by atoms with Crippen molar-refractivity contribution in [1.82, 2.24) is 9.55 Å². The molecule has 2 atom stereocenters. The van der Waals surface area contributed by atoms with E-state index in [4.69, 9.17) is 14.2 Å². The average molecular weight is 480 g/mol. The first-order chi connectivity index (χ1) is 16.4. The van der Waals surface area contributed by atoms with Gasteiger partial charge in [0.25, 0.3) is 0 Å². The highest BCUT2D eigenvalue weighted by atomic mass is 32.2. The standard InChI is InChI=1S/C25H24N2O6S/c1-31-20-9-7-19(8-10-20)25(16-27-13-12-26-17-27)32-15-21(33-25)14-23-22-5-3-2-4-18(22)6-11-24(23)34(28,29)30/h2-13,17,21H,14-16H2,1H3,(H,28,29,30)/p-1. The fraction of sp³-hybridized carbons (Fsp3) is 0.240. The van der Waals surface area contributed by atoms with E-state index in [-0.39, 0.29) is 17.9 Å². The molecule has 3 aromatic carbocycles. The molecule has 1 fully saturated rings. The van der Waals surface area contributed by atoms with Crippen LogP contribution in [0.1, 0.15) is 11.1 Å². The third kappa shape index (κ3) is 4.30. The van der Waals surface area contributed by atoms with E-state index >= 15 is 0 Å². The molecule has 0 aliphatic carbocycles. The van der Waals surface area contributed by atoms with E-state index in [2.05, 4.69) is 4.98 Å². The predicted molar refractivity (Wildman–Crippen MR) is 123 cm³/mol. The Bertz CT molecular complexity index is 1400. The van der Waals surface area contributed by atoms with E-state index in [0.717, 1.165) is 10.9 Å². The van der Waals surface area contributed by atoms with Crippen LogP contribution in [0.2, 0.25) is 0 Å². The molecule has 1 aromatic heterocycles. The van der Waals surface area contributed by atoms with Gasteiger partial charge in [0.2, 0.25) is 5.79 Å². The first kappa shape index (κ1) is 22.5. The summed E-state index contributed by atoms with van der Waals surface area (Å²) in [5.74, 6) is -0.407. The van der Waals surface area contributed by atoms with Crippen LogP contribution in [0.15, 0.2) is 84.3 Å². The van der Waals surface area contributed by atoms with Gasteiger partial charge in [0.15, 0.2) is 0 Å². The zero-order valence-corrected chi connectivity index (χ0v) is 19.3. The van der Waals surface area contributed by atoms with Crippen molar-refractivity contribution in [2.75, 3.05) is 13.7 Å². The lowest BCUT2D eigenvalue weighted by Crippen LogP contribution is -2.33. The number of hydrogen-bond acceptors (Lipinski definition) is 7. The number of imidazole rings is 1. The highest BCUT2D eigenvalue weighted by molar-refractivity contribution is 7.85. The Morgan fingerprint density at radius 2 is 1.94 bits per heavy atom. The number of benzene rings is 3. The van der Waals surface area contributed by atoms with Crippen LogP contribution < -0.4 is 4.74 Å². The van der Waals surface area contributed by atoms with Gasteiger partial charge in [-0.3, -0.25) is 0 Å². The Hall–Kier alpha value is -3.24. The molecule has 5 rings (SSSR count). The molecule has 0 bridgehead atoms. The van der Waals surface area contributed by atoms with Gasteiger partial charge in [-0.05, 0) is 46.7 Å². The molecule has 176 valence electrons. The molecule has 1 aliphatic heterocycles. The molecule has 4 aromatic rings. The van der Waals surface area contributed by atoms with Gasteiger partial charge >= 0.3 is 0 Å². The van der Waals surface area contributed by atoms with Crippen LogP contribution >= 0.6 is 0 Å². The summed E-state index contributed by atoms with van der Waals surface area (Å²) in [7, 11) is -3.07. The molecule has 1 saturated heterocycles. The number of fused-ring (bicyclic) bond motifs is 1. The van der Waals surface area contributed by atoms with Crippen molar-refractivity contribution >= 4 is 20.9 Å². The van der Waals surface area contributed by atoms with Crippen LogP contribution in [-0.4, -0.2) is 42.3 Å². The average Bonchev–Trinajstić information content (AvgIpc) is 3.49. The number of hydrogen-bond donors (Lipinski definition) is 0. The minimum absolute atomic E-state index is 0.208. The summed E-state index contributed by atoms with van der Waals surface area (Å²) in [5.41, 5.74) is 1.23. The molecule has 0 amide bonds. The van der Waals surface area contributed by atoms with Crippen molar-refractivity contribution in [2.45, 2.75) is 29.8 Å². The molecule has 2 unspecified atom stereocenters. The van der Waals surface area contributed by atoms with E-state index in [9.17, 15) is 13.0 Å². The lowest BCUT2D eigenvalue weighted by molar-refractivity contribution is -0.186. The van der Waals surface area contributed by atoms with Crippen LogP contribution in [0.25, 0.3) is 10.8 Å². The highest BCUT2D eigenvalue weighted by Gasteiger charge is 2.44. The summed E-state index contributed by atoms with van der Waals surface area (Å²) in [6, 6.07) is 17.8. The Labute approximate surface area is 197 Å². The topological polar surface area (TPSA) is 103 Å². The number of methoxy groups -OCH3 is 1. The van der Waals surface area contributed by atoms with Crippen LogP contribution in [0.4, 0.5) is 0 Å². The van der Waals surface area contributed by atoms with Gasteiger partial charge in [-0.1, -0.05) is 30.3 Å². The molecule has 0 N–H and O–H groups in total. The SMILES string of the molecule is COc1ccc(C2(Cn3ccnc3)OCC(Cc3c(S(=O)(=O)[O-])ccc4ccccc34)O2)cc1. The maximum Gasteiger partial charge on any atom is 0.213 e. The molecule has 0 saturated carbocycles. The molecule has 34 heavy (non-hydrogen) atoms. The Morgan fingerprint density at radius 1 is 1.15 bits per heavy atom. The lowest BCUT2D eigenvalue weighted by Gasteiger charge is -2.29. The third-order valence-corrected chi connectivity index (χ3v) is 6.96. The third-order valence-electron chi connectivity index (χ3n) is 6.04. The van der Waals surface area contributed by atoms with E-state index in [1.165, 1.54) is 6.07 Å². The van der Waals surface area contributed by atoms with Gasteiger partial charge in [0.1, 0.15) is 15.9 Å². The Morgan fingerprint density at radius 3 is 2.65 bits per heavy atom. The van der Waals surface area contributed by atoms with Crippen molar-refractivity contribution in [1.29, 1.82) is 0 Å². The molecule has 0 spiro atoms. The summed E-state index contributed by atoms with van der Waals surface area (Å²) < 4.78 is 56.0. The van der Waals surface area contributed by atoms with Gasteiger partial charge in [0, 0.05) is 24.4 Å². The molecular weight excluding hydrogens is 456 g/mol. The van der Waals surface area contributed by atoms with Crippen LogP contribution in [-0.2, 0) is 38.3 Å². The van der Waals surface area contributed by atoms with Crippen LogP contribution in [0.5, 0.6) is 5.75 Å². The summed E-state index contributed by atoms with van der Waals surface area (Å²) in [6.45, 7) is 0.570. The van der Waals surface area contributed by atoms with Crippen LogP contribution in [0.3, 0.4) is 0 Å². The van der Waals surface area contributed by atoms with Crippen molar-refractivity contribution in [3.8, 4) is 5.75 Å². The largest absolute Gasteiger partial charge is 0.744 e. The number of ether oxygens (including phenoxy) is 3. The van der Waals surface area contributed by atoms with Crippen molar-refractivity contribution < 1.29 is 27.2 Å². The zero-order valence-electron chi connectivity index (χ0n) is 18.5. The highest BCUT2D eigenvalue weighted by Crippen LogP contribution is 2.39. The first-order valence-electron chi connectivity index (χ1n) is 10.8. The number of nitrogens with zero attached hydrogens (tertiary/aromatic N) is 2. The summed E-state index contributed by atoms with van der Waals surface area (Å²) in [4.78, 5) is 3.88. The normalized spacial score (nSPS) is 20.6. The maximum absolute atomic E-state index is 12.0. The summed E-state index contributed by atoms with van der Waals surface area (Å²) >= 11 is 0. The van der Waals surface area contributed by atoms with Crippen LogP contribution in [0, 0.1) is 0 Å². The molecule has 1 aliphatic rings. The predicted octanol–water partition coefficient (Wildman–Crippen LogP) is 3.46. The smallest absolute Gasteiger partial charge is 0.213 e. The fourth-order valence-electron chi connectivity index (χ4n) is 4.44. The van der Waals surface area contributed by atoms with Gasteiger partial charge in [0.05, 0.1) is 37.6 Å². The Kier molecular flexibility index (Phi) is 5.86. The van der Waals surface area contributed by atoms with E-state index in [1.807, 2.05) is 59.3 Å². The van der Waals surface area contributed by atoms with E-state index in [0.29, 0.717) is 23.2 Å². The molecule has 8 nitrogen and oxygen atoms in total. The second-order valence-electron chi connectivity index (χ2n) is 8.19. The van der Waals surface area contributed by atoms with Crippen molar-refractivity contribution in [3.05, 3.63) is 90.5 Å². The van der Waals surface area contributed by atoms with Crippen molar-refractivity contribution in [2.24, 2.45) is 0 Å². The lowest BCUT2D eigenvalue weighted by atomic mass is 10.00. The summed E-state index contributed by atoms with van der Waals surface area (Å²) in [6.07, 6.45) is 4.91. The second kappa shape index (κ2) is 8.84. The number of aromatic nitrogens is 2. The maximum atomic E-state index is 12.0. The molecule has 9 heteroatoms. The van der Waals surface area contributed by atoms with Gasteiger partial charge in [-0.2, -0.15) is 0 Å². The molecular formula is C25H23N2O6S-. The monoisotopic (exact) mass is 479 g/mol. The van der Waals surface area contributed by atoms with E-state index in [1.54, 1.807) is 25.7 Å². The quantitative estimate of drug-likeness (QED) is 0.374. The number of rotatable bonds is 7.